The second-order valence-electron chi connectivity index (χ2n) is 2.12. The highest BCUT2D eigenvalue weighted by molar-refractivity contribution is 4.66. The number of nitrogens with zero attached hydrogens (tertiary/aromatic N) is 4. The van der Waals surface area contributed by atoms with E-state index in [1.54, 1.807) is 0 Å². The molecule has 80 valence electrons. The minimum Gasteiger partial charge on any atom is -0.249 e. The molecular formula is C3HN5O7. The molecule has 12 heteroatoms. The zero-order valence-corrected chi connectivity index (χ0v) is 6.65. The molecule has 0 aliphatic carbocycles. The Bertz CT molecular complexity index is 553. The Hall–Kier alpha value is -2.79. The molecule has 1 aromatic heterocycles. The van der Waals surface area contributed by atoms with Crippen molar-refractivity contribution in [1.82, 2.24) is 14.3 Å². The van der Waals surface area contributed by atoms with Crippen LogP contribution < -0.4 is 17.1 Å². The molecule has 0 aliphatic rings. The van der Waals surface area contributed by atoms with E-state index >= 15 is 0 Å². The highest BCUT2D eigenvalue weighted by atomic mass is 16.7. The Morgan fingerprint density at radius 3 is 1.53 bits per heavy atom. The van der Waals surface area contributed by atoms with E-state index in [4.69, 9.17) is 0 Å². The minimum absolute atomic E-state index is 0.690. The van der Waals surface area contributed by atoms with Crippen LogP contribution in [0.1, 0.15) is 0 Å². The van der Waals surface area contributed by atoms with Crippen molar-refractivity contribution in [3.05, 3.63) is 51.7 Å². The number of nitrogens with one attached hydrogen (secondary N) is 1. The maximum absolute atomic E-state index is 10.9. The van der Waals surface area contributed by atoms with Gasteiger partial charge in [-0.2, -0.15) is 0 Å². The van der Waals surface area contributed by atoms with Gasteiger partial charge in [0.2, 0.25) is 0 Å². The number of aromatic amines is 1. The summed E-state index contributed by atoms with van der Waals surface area (Å²) in [6.45, 7) is 0. The maximum Gasteiger partial charge on any atom is 0.457 e. The summed E-state index contributed by atoms with van der Waals surface area (Å²) >= 11 is 0. The quantitative estimate of drug-likeness (QED) is 0.403. The molecule has 0 radical (unpaired) electrons. The highest BCUT2D eigenvalue weighted by Crippen LogP contribution is 1.68. The average molecular weight is 219 g/mol. The largest absolute Gasteiger partial charge is 0.457 e. The fraction of sp³-hybridized carbons (Fsp3) is 0. The average Bonchev–Trinajstić information content (AvgIpc) is 1.99. The Labute approximate surface area is 77.2 Å². The first kappa shape index (κ1) is 10.3. The number of hydrogen-bond donors (Lipinski definition) is 1. The van der Waals surface area contributed by atoms with Crippen LogP contribution in [-0.4, -0.2) is 24.4 Å². The van der Waals surface area contributed by atoms with Gasteiger partial charge in [0, 0.05) is 0 Å². The Morgan fingerprint density at radius 1 is 0.933 bits per heavy atom. The molecule has 0 aromatic carbocycles. The van der Waals surface area contributed by atoms with Crippen molar-refractivity contribution in [3.63, 3.8) is 0 Å². The van der Waals surface area contributed by atoms with Crippen molar-refractivity contribution < 1.29 is 10.1 Å². The summed E-state index contributed by atoms with van der Waals surface area (Å²) < 4.78 is -1.38. The van der Waals surface area contributed by atoms with Crippen molar-refractivity contribution >= 4 is 0 Å². The third-order valence-corrected chi connectivity index (χ3v) is 1.29. The van der Waals surface area contributed by atoms with Crippen LogP contribution in [0.15, 0.2) is 14.4 Å². The van der Waals surface area contributed by atoms with Crippen LogP contribution in [-0.2, 0) is 0 Å². The van der Waals surface area contributed by atoms with Crippen LogP contribution in [0.25, 0.3) is 0 Å². The molecule has 1 N–H and O–H groups in total. The summed E-state index contributed by atoms with van der Waals surface area (Å²) in [6.07, 6.45) is 0. The summed E-state index contributed by atoms with van der Waals surface area (Å²) in [4.78, 5) is 53.9. The summed E-state index contributed by atoms with van der Waals surface area (Å²) in [5.41, 5.74) is -5.28. The van der Waals surface area contributed by atoms with E-state index in [9.17, 15) is 34.6 Å². The predicted octanol–water partition coefficient (Wildman–Crippen LogP) is -3.22. The lowest BCUT2D eigenvalue weighted by Gasteiger charge is -1.93. The van der Waals surface area contributed by atoms with Crippen molar-refractivity contribution in [2.45, 2.75) is 0 Å². The SMILES string of the molecule is O=c1[nH]c(=O)n([N+](=O)[O-])c(=O)n1[N+](=O)[O-]. The van der Waals surface area contributed by atoms with Crippen molar-refractivity contribution in [2.24, 2.45) is 0 Å². The normalized spacial score (nSPS) is 9.87. The van der Waals surface area contributed by atoms with Crippen LogP contribution in [0, 0.1) is 20.2 Å². The van der Waals surface area contributed by atoms with E-state index in [2.05, 4.69) is 0 Å². The van der Waals surface area contributed by atoms with Gasteiger partial charge in [-0.05, 0) is 0 Å². The molecule has 0 saturated carbocycles. The van der Waals surface area contributed by atoms with E-state index in [-0.39, 0.29) is 0 Å². The van der Waals surface area contributed by atoms with Gasteiger partial charge in [0.1, 0.15) is 0 Å². The summed E-state index contributed by atoms with van der Waals surface area (Å²) in [5.74, 6) is 0. The second-order valence-corrected chi connectivity index (χ2v) is 2.12. The number of hydrogen-bond acceptors (Lipinski definition) is 7. The van der Waals surface area contributed by atoms with Gasteiger partial charge in [-0.1, -0.05) is 0 Å². The fourth-order valence-electron chi connectivity index (χ4n) is 0.749. The summed E-state index contributed by atoms with van der Waals surface area (Å²) in [5, 5.41) is 17.3. The van der Waals surface area contributed by atoms with Gasteiger partial charge in [-0.3, -0.25) is 0 Å². The van der Waals surface area contributed by atoms with Crippen molar-refractivity contribution in [2.75, 3.05) is 0 Å². The van der Waals surface area contributed by atoms with Gasteiger partial charge in [0.25, 0.3) is 0 Å². The van der Waals surface area contributed by atoms with Gasteiger partial charge in [0.05, 0.1) is 9.35 Å². The molecule has 0 amide bonds. The van der Waals surface area contributed by atoms with E-state index in [0.717, 1.165) is 0 Å². The number of nitro groups is 2. The van der Waals surface area contributed by atoms with Gasteiger partial charge in [-0.15, -0.1) is 0 Å². The van der Waals surface area contributed by atoms with Crippen molar-refractivity contribution in [1.29, 1.82) is 0 Å². The first-order valence-electron chi connectivity index (χ1n) is 3.14. The van der Waals surface area contributed by atoms with Gasteiger partial charge < -0.3 is 0 Å². The summed E-state index contributed by atoms with van der Waals surface area (Å²) in [6, 6.07) is 0. The molecule has 0 aliphatic heterocycles. The van der Waals surface area contributed by atoms with Crippen LogP contribution in [0.2, 0.25) is 0 Å². The van der Waals surface area contributed by atoms with E-state index in [1.807, 2.05) is 0 Å². The first-order valence-corrected chi connectivity index (χ1v) is 3.14. The van der Waals surface area contributed by atoms with Crippen LogP contribution in [0.4, 0.5) is 0 Å². The van der Waals surface area contributed by atoms with E-state index in [1.165, 1.54) is 4.98 Å². The molecule has 1 heterocycles. The Morgan fingerprint density at radius 2 is 1.27 bits per heavy atom. The molecule has 12 nitrogen and oxygen atoms in total. The van der Waals surface area contributed by atoms with E-state index in [0.29, 0.717) is 0 Å². The molecular weight excluding hydrogens is 218 g/mol. The topological polar surface area (TPSA) is 163 Å². The second kappa shape index (κ2) is 3.17. The molecule has 0 bridgehead atoms. The molecule has 0 atom stereocenters. The van der Waals surface area contributed by atoms with Gasteiger partial charge in [0.15, 0.2) is 10.1 Å². The zero-order valence-electron chi connectivity index (χ0n) is 6.65. The Balaban J connectivity index is 3.90. The predicted molar refractivity (Wildman–Crippen MR) is 40.4 cm³/mol. The molecule has 15 heavy (non-hydrogen) atoms. The van der Waals surface area contributed by atoms with Crippen molar-refractivity contribution in [3.8, 4) is 0 Å². The third-order valence-electron chi connectivity index (χ3n) is 1.29. The van der Waals surface area contributed by atoms with Crippen LogP contribution in [0.3, 0.4) is 0 Å². The number of H-pyrrole nitrogens is 1. The highest BCUT2D eigenvalue weighted by Gasteiger charge is 2.23. The molecule has 1 rings (SSSR count). The van der Waals surface area contributed by atoms with Crippen LogP contribution in [0.5, 0.6) is 0 Å². The zero-order chi connectivity index (χ0) is 11.7. The molecule has 1 aromatic rings. The lowest BCUT2D eigenvalue weighted by molar-refractivity contribution is -0.576. The molecule has 0 fully saturated rings. The van der Waals surface area contributed by atoms with Gasteiger partial charge >= 0.3 is 17.1 Å². The lowest BCUT2D eigenvalue weighted by Crippen LogP contribution is -2.53. The first-order chi connectivity index (χ1) is 6.86. The van der Waals surface area contributed by atoms with Crippen LogP contribution >= 0.6 is 0 Å². The number of rotatable bonds is 2. The number of aromatic nitrogens is 3. The lowest BCUT2D eigenvalue weighted by atomic mass is 11.0. The standard InChI is InChI=1S/C3HN5O7/c9-1-4-2(10)6(8(14)15)3(11)5(1)7(12)13/h(H,4,9,10). The Kier molecular flexibility index (Phi) is 2.17. The monoisotopic (exact) mass is 219 g/mol. The summed E-state index contributed by atoms with van der Waals surface area (Å²) in [7, 11) is 0. The molecule has 0 saturated heterocycles. The maximum atomic E-state index is 10.9. The van der Waals surface area contributed by atoms with Gasteiger partial charge in [-0.25, -0.2) is 39.6 Å². The smallest absolute Gasteiger partial charge is 0.249 e. The molecule has 0 unspecified atom stereocenters. The molecule has 0 spiro atoms. The van der Waals surface area contributed by atoms with E-state index < -0.39 is 36.5 Å². The third kappa shape index (κ3) is 1.50. The fourth-order valence-corrected chi connectivity index (χ4v) is 0.749. The minimum atomic E-state index is -1.96.